The summed E-state index contributed by atoms with van der Waals surface area (Å²) in [5, 5.41) is 10.8. The van der Waals surface area contributed by atoms with Crippen molar-refractivity contribution in [1.29, 1.82) is 0 Å². The van der Waals surface area contributed by atoms with Crippen molar-refractivity contribution < 1.29 is 14.7 Å². The van der Waals surface area contributed by atoms with Crippen LogP contribution in [0.25, 0.3) is 0 Å². The minimum absolute atomic E-state index is 0.102. The van der Waals surface area contributed by atoms with Gasteiger partial charge in [0.2, 0.25) is 0 Å². The van der Waals surface area contributed by atoms with Crippen LogP contribution in [0.1, 0.15) is 17.2 Å². The molecule has 23 heavy (non-hydrogen) atoms. The minimum atomic E-state index is 0.102. The number of aliphatic imine (C=N–C) groups is 1. The van der Waals surface area contributed by atoms with Gasteiger partial charge in [0.05, 0.1) is 27.7 Å². The molecule has 122 valence electrons. The summed E-state index contributed by atoms with van der Waals surface area (Å²) < 4.78 is 5.10. The van der Waals surface area contributed by atoms with Crippen molar-refractivity contribution in [2.75, 3.05) is 27.7 Å². The standard InChI is InChI=1S/C18H21ClN2O2/c1-21(2)16(14-8-4-5-9-15(14)19)12-20-11-13-7-6-10-17(23-3)18(13)22/h4-11,16,22H,12H2,1-3H3/p+1/t16-/m0/s1. The van der Waals surface area contributed by atoms with E-state index in [0.717, 1.165) is 10.6 Å². The molecule has 0 heterocycles. The third-order valence-corrected chi connectivity index (χ3v) is 4.09. The van der Waals surface area contributed by atoms with E-state index in [1.807, 2.05) is 30.3 Å². The Labute approximate surface area is 142 Å². The molecule has 1 atom stereocenters. The van der Waals surface area contributed by atoms with Gasteiger partial charge in [0.1, 0.15) is 6.04 Å². The van der Waals surface area contributed by atoms with E-state index in [0.29, 0.717) is 17.9 Å². The average Bonchev–Trinajstić information content (AvgIpc) is 2.53. The third-order valence-electron chi connectivity index (χ3n) is 3.75. The van der Waals surface area contributed by atoms with Gasteiger partial charge >= 0.3 is 0 Å². The number of halogens is 1. The quantitative estimate of drug-likeness (QED) is 0.797. The van der Waals surface area contributed by atoms with Crippen LogP contribution in [0, 0.1) is 0 Å². The van der Waals surface area contributed by atoms with Gasteiger partial charge in [0, 0.05) is 22.4 Å². The summed E-state index contributed by atoms with van der Waals surface area (Å²) >= 11 is 6.30. The van der Waals surface area contributed by atoms with Gasteiger partial charge in [-0.1, -0.05) is 35.9 Å². The summed E-state index contributed by atoms with van der Waals surface area (Å²) in [7, 11) is 5.68. The highest BCUT2D eigenvalue weighted by Gasteiger charge is 2.19. The van der Waals surface area contributed by atoms with Gasteiger partial charge < -0.3 is 14.7 Å². The highest BCUT2D eigenvalue weighted by Crippen LogP contribution is 2.28. The molecule has 0 spiro atoms. The van der Waals surface area contributed by atoms with Gasteiger partial charge in [-0.15, -0.1) is 0 Å². The number of hydrogen-bond donors (Lipinski definition) is 2. The van der Waals surface area contributed by atoms with E-state index < -0.39 is 0 Å². The fourth-order valence-corrected chi connectivity index (χ4v) is 2.68. The normalized spacial score (nSPS) is 12.7. The van der Waals surface area contributed by atoms with Crippen LogP contribution in [-0.2, 0) is 0 Å². The molecule has 0 amide bonds. The molecule has 2 rings (SSSR count). The first-order valence-corrected chi connectivity index (χ1v) is 7.82. The lowest BCUT2D eigenvalue weighted by Crippen LogP contribution is -3.06. The van der Waals surface area contributed by atoms with E-state index in [-0.39, 0.29) is 11.8 Å². The van der Waals surface area contributed by atoms with Gasteiger partial charge in [-0.05, 0) is 18.2 Å². The van der Waals surface area contributed by atoms with Crippen LogP contribution in [-0.4, -0.2) is 39.1 Å². The number of benzene rings is 2. The fraction of sp³-hybridized carbons (Fsp3) is 0.278. The number of methoxy groups -OCH3 is 1. The van der Waals surface area contributed by atoms with Crippen LogP contribution in [0.2, 0.25) is 5.02 Å². The second-order valence-electron chi connectivity index (χ2n) is 5.54. The molecule has 5 heteroatoms. The van der Waals surface area contributed by atoms with Crippen LogP contribution >= 0.6 is 11.6 Å². The summed E-state index contributed by atoms with van der Waals surface area (Å²) in [4.78, 5) is 5.74. The highest BCUT2D eigenvalue weighted by atomic mass is 35.5. The number of aromatic hydroxyl groups is 1. The lowest BCUT2D eigenvalue weighted by molar-refractivity contribution is -0.890. The lowest BCUT2D eigenvalue weighted by Gasteiger charge is -2.21. The molecule has 0 radical (unpaired) electrons. The predicted octanol–water partition coefficient (Wildman–Crippen LogP) is 2.36. The fourth-order valence-electron chi connectivity index (χ4n) is 2.41. The molecule has 0 saturated carbocycles. The second-order valence-corrected chi connectivity index (χ2v) is 5.95. The zero-order valence-electron chi connectivity index (χ0n) is 13.6. The first-order chi connectivity index (χ1) is 11.0. The van der Waals surface area contributed by atoms with Gasteiger partial charge in [0.25, 0.3) is 0 Å². The topological polar surface area (TPSA) is 46.3 Å². The zero-order chi connectivity index (χ0) is 16.8. The van der Waals surface area contributed by atoms with Crippen LogP contribution in [0.5, 0.6) is 11.5 Å². The van der Waals surface area contributed by atoms with Crippen molar-refractivity contribution in [3.05, 3.63) is 58.6 Å². The Morgan fingerprint density at radius 2 is 1.96 bits per heavy atom. The number of nitrogens with one attached hydrogen (secondary N) is 1. The van der Waals surface area contributed by atoms with Gasteiger partial charge in [0.15, 0.2) is 11.5 Å². The van der Waals surface area contributed by atoms with Crippen molar-refractivity contribution in [3.8, 4) is 11.5 Å². The average molecular weight is 334 g/mol. The lowest BCUT2D eigenvalue weighted by atomic mass is 10.1. The summed E-state index contributed by atoms with van der Waals surface area (Å²) in [5.74, 6) is 0.542. The minimum Gasteiger partial charge on any atom is -0.504 e. The van der Waals surface area contributed by atoms with E-state index in [1.165, 1.54) is 12.0 Å². The number of nitrogens with zero attached hydrogens (tertiary/aromatic N) is 1. The Kier molecular flexibility index (Phi) is 6.02. The predicted molar refractivity (Wildman–Crippen MR) is 94.1 cm³/mol. The number of para-hydroxylation sites is 1. The molecule has 2 N–H and O–H groups in total. The molecule has 0 aliphatic carbocycles. The summed E-state index contributed by atoms with van der Waals surface area (Å²) in [6.45, 7) is 0.572. The maximum Gasteiger partial charge on any atom is 0.166 e. The molecule has 0 aromatic heterocycles. The van der Waals surface area contributed by atoms with Crippen LogP contribution < -0.4 is 9.64 Å². The summed E-state index contributed by atoms with van der Waals surface area (Å²) in [6.07, 6.45) is 1.67. The zero-order valence-corrected chi connectivity index (χ0v) is 14.3. The van der Waals surface area contributed by atoms with E-state index in [1.54, 1.807) is 18.3 Å². The van der Waals surface area contributed by atoms with E-state index in [2.05, 4.69) is 19.1 Å². The van der Waals surface area contributed by atoms with Crippen molar-refractivity contribution in [2.45, 2.75) is 6.04 Å². The second kappa shape index (κ2) is 7.99. The molecule has 4 nitrogen and oxygen atoms in total. The van der Waals surface area contributed by atoms with Gasteiger partial charge in [-0.25, -0.2) is 0 Å². The van der Waals surface area contributed by atoms with Crippen LogP contribution in [0.4, 0.5) is 0 Å². The molecule has 0 saturated heterocycles. The molecule has 2 aromatic carbocycles. The van der Waals surface area contributed by atoms with Gasteiger partial charge in [-0.3, -0.25) is 4.99 Å². The van der Waals surface area contributed by atoms with E-state index >= 15 is 0 Å². The maximum absolute atomic E-state index is 10.1. The maximum atomic E-state index is 10.1. The highest BCUT2D eigenvalue weighted by molar-refractivity contribution is 6.31. The summed E-state index contributed by atoms with van der Waals surface area (Å²) in [5.41, 5.74) is 1.71. The molecule has 2 aromatic rings. The number of ether oxygens (including phenoxy) is 1. The summed E-state index contributed by atoms with van der Waals surface area (Å²) in [6, 6.07) is 13.3. The number of phenolic OH excluding ortho intramolecular Hbond substituents is 1. The Balaban J connectivity index is 2.18. The largest absolute Gasteiger partial charge is 0.504 e. The first-order valence-electron chi connectivity index (χ1n) is 7.45. The smallest absolute Gasteiger partial charge is 0.166 e. The molecular weight excluding hydrogens is 312 g/mol. The van der Waals surface area contributed by atoms with E-state index in [4.69, 9.17) is 16.3 Å². The van der Waals surface area contributed by atoms with Crippen molar-refractivity contribution in [2.24, 2.45) is 4.99 Å². The van der Waals surface area contributed by atoms with E-state index in [9.17, 15) is 5.11 Å². The van der Waals surface area contributed by atoms with Crippen LogP contribution in [0.3, 0.4) is 0 Å². The Morgan fingerprint density at radius 3 is 2.61 bits per heavy atom. The first kappa shape index (κ1) is 17.3. The Hall–Kier alpha value is -2.04. The third kappa shape index (κ3) is 4.24. The molecule has 0 bridgehead atoms. The molecule has 0 aliphatic rings. The molecular formula is C18H22ClN2O2+. The molecule has 0 fully saturated rings. The number of likely N-dealkylation sites (N-methyl/N-ethyl adjacent to an activating group) is 1. The van der Waals surface area contributed by atoms with Crippen molar-refractivity contribution in [3.63, 3.8) is 0 Å². The Bertz CT molecular complexity index is 686. The molecule has 0 aliphatic heterocycles. The number of hydrogen-bond acceptors (Lipinski definition) is 3. The number of quaternary nitrogens is 1. The van der Waals surface area contributed by atoms with Gasteiger partial charge in [-0.2, -0.15) is 0 Å². The SMILES string of the molecule is COc1cccc(C=NC[C@@H](c2ccccc2Cl)[NH+](C)C)c1O. The van der Waals surface area contributed by atoms with Crippen molar-refractivity contribution in [1.82, 2.24) is 0 Å². The van der Waals surface area contributed by atoms with Crippen LogP contribution in [0.15, 0.2) is 47.5 Å². The van der Waals surface area contributed by atoms with Crippen molar-refractivity contribution >= 4 is 17.8 Å². The Morgan fingerprint density at radius 1 is 1.22 bits per heavy atom. The molecule has 0 unspecified atom stereocenters. The number of rotatable bonds is 6. The monoisotopic (exact) mass is 333 g/mol. The number of phenols is 1.